The number of halogens is 3. The molecule has 1 amide bonds. The molecule has 1 heterocycles. The van der Waals surface area contributed by atoms with Crippen LogP contribution in [0.4, 0.5) is 5.69 Å². The smallest absolute Gasteiger partial charge is 0.252 e. The van der Waals surface area contributed by atoms with E-state index in [0.717, 1.165) is 11.0 Å². The van der Waals surface area contributed by atoms with Crippen LogP contribution >= 0.6 is 35.6 Å². The SMILES string of the molecule is CN(C(=O)CO)c1ccc(Cl)cc1-c1nc2ccc(Cl)cc2[nH]1.Cl. The molecular weight excluding hydrogens is 373 g/mol. The van der Waals surface area contributed by atoms with Crippen LogP contribution in [0.3, 0.4) is 0 Å². The summed E-state index contributed by atoms with van der Waals surface area (Å²) in [6.45, 7) is -0.575. The summed E-state index contributed by atoms with van der Waals surface area (Å²) in [5, 5.41) is 10.2. The first kappa shape index (κ1) is 18.5. The fourth-order valence-electron chi connectivity index (χ4n) is 2.34. The van der Waals surface area contributed by atoms with Gasteiger partial charge in [-0.15, -0.1) is 12.4 Å². The van der Waals surface area contributed by atoms with Crippen LogP contribution < -0.4 is 4.90 Å². The van der Waals surface area contributed by atoms with Crippen LogP contribution in [0.1, 0.15) is 0 Å². The molecule has 2 aromatic carbocycles. The summed E-state index contributed by atoms with van der Waals surface area (Å²) in [6, 6.07) is 10.5. The third kappa shape index (κ3) is 3.49. The quantitative estimate of drug-likeness (QED) is 0.717. The lowest BCUT2D eigenvalue weighted by molar-refractivity contribution is -0.120. The van der Waals surface area contributed by atoms with Crippen molar-refractivity contribution in [2.75, 3.05) is 18.6 Å². The van der Waals surface area contributed by atoms with E-state index in [1.54, 1.807) is 37.4 Å². The maximum absolute atomic E-state index is 11.8. The predicted octanol–water partition coefficient (Wildman–Crippen LogP) is 3.91. The molecule has 0 atom stereocenters. The van der Waals surface area contributed by atoms with Crippen molar-refractivity contribution in [1.82, 2.24) is 9.97 Å². The summed E-state index contributed by atoms with van der Waals surface area (Å²) in [6.07, 6.45) is 0. The average molecular weight is 387 g/mol. The number of aliphatic hydroxyl groups is 1. The normalized spacial score (nSPS) is 10.5. The van der Waals surface area contributed by atoms with Gasteiger partial charge < -0.3 is 15.0 Å². The van der Waals surface area contributed by atoms with E-state index in [2.05, 4.69) is 9.97 Å². The Morgan fingerprint density at radius 1 is 1.21 bits per heavy atom. The second-order valence-corrected chi connectivity index (χ2v) is 5.89. The van der Waals surface area contributed by atoms with Crippen LogP contribution in [0.2, 0.25) is 10.0 Å². The van der Waals surface area contributed by atoms with Crippen LogP contribution in [0.15, 0.2) is 36.4 Å². The Kier molecular flexibility index (Phi) is 5.72. The standard InChI is InChI=1S/C16H13Cl2N3O2.ClH/c1-21(15(23)8-22)14-5-3-9(17)6-11(14)16-19-12-4-2-10(18)7-13(12)20-16;/h2-7,22H,8H2,1H3,(H,19,20);1H. The van der Waals surface area contributed by atoms with Crippen molar-refractivity contribution in [3.63, 3.8) is 0 Å². The number of likely N-dealkylation sites (N-methyl/N-ethyl adjacent to an activating group) is 1. The molecule has 0 fully saturated rings. The Morgan fingerprint density at radius 2 is 1.88 bits per heavy atom. The molecule has 3 rings (SSSR count). The molecule has 0 unspecified atom stereocenters. The predicted molar refractivity (Wildman–Crippen MR) is 99.3 cm³/mol. The number of aromatic amines is 1. The average Bonchev–Trinajstić information content (AvgIpc) is 2.96. The molecule has 0 spiro atoms. The number of anilines is 1. The molecule has 5 nitrogen and oxygen atoms in total. The highest BCUT2D eigenvalue weighted by Crippen LogP contribution is 2.33. The number of carbonyl (C=O) groups is 1. The molecular formula is C16H14Cl3N3O2. The minimum atomic E-state index is -0.575. The van der Waals surface area contributed by atoms with Crippen molar-refractivity contribution in [1.29, 1.82) is 0 Å². The molecule has 0 aliphatic rings. The zero-order valence-corrected chi connectivity index (χ0v) is 14.9. The van der Waals surface area contributed by atoms with Gasteiger partial charge >= 0.3 is 0 Å². The molecule has 8 heteroatoms. The van der Waals surface area contributed by atoms with E-state index in [0.29, 0.717) is 27.1 Å². The van der Waals surface area contributed by atoms with Crippen LogP contribution in [0, 0.1) is 0 Å². The van der Waals surface area contributed by atoms with Gasteiger partial charge in [-0.25, -0.2) is 4.98 Å². The van der Waals surface area contributed by atoms with Gasteiger partial charge in [0.05, 0.1) is 16.7 Å². The second-order valence-electron chi connectivity index (χ2n) is 5.02. The first-order valence-electron chi connectivity index (χ1n) is 6.82. The molecule has 24 heavy (non-hydrogen) atoms. The number of hydrogen-bond donors (Lipinski definition) is 2. The number of aliphatic hydroxyl groups excluding tert-OH is 1. The third-order valence-corrected chi connectivity index (χ3v) is 4.00. The van der Waals surface area contributed by atoms with E-state index in [1.807, 2.05) is 6.07 Å². The summed E-state index contributed by atoms with van der Waals surface area (Å²) in [5.41, 5.74) is 2.80. The van der Waals surface area contributed by atoms with Crippen molar-refractivity contribution in [3.05, 3.63) is 46.4 Å². The number of aromatic nitrogens is 2. The van der Waals surface area contributed by atoms with Crippen molar-refractivity contribution in [2.24, 2.45) is 0 Å². The number of rotatable bonds is 3. The van der Waals surface area contributed by atoms with E-state index < -0.39 is 12.5 Å². The minimum absolute atomic E-state index is 0. The Bertz CT molecular complexity index is 895. The highest BCUT2D eigenvalue weighted by molar-refractivity contribution is 6.31. The second kappa shape index (κ2) is 7.40. The van der Waals surface area contributed by atoms with E-state index in [1.165, 1.54) is 4.90 Å². The number of carbonyl (C=O) groups excluding carboxylic acids is 1. The van der Waals surface area contributed by atoms with Crippen LogP contribution in [0.5, 0.6) is 0 Å². The summed E-state index contributed by atoms with van der Waals surface area (Å²) >= 11 is 12.1. The monoisotopic (exact) mass is 385 g/mol. The minimum Gasteiger partial charge on any atom is -0.387 e. The number of H-pyrrole nitrogens is 1. The van der Waals surface area contributed by atoms with Gasteiger partial charge in [0, 0.05) is 22.7 Å². The van der Waals surface area contributed by atoms with Gasteiger partial charge in [-0.2, -0.15) is 0 Å². The molecule has 0 saturated heterocycles. The van der Waals surface area contributed by atoms with Crippen molar-refractivity contribution in [3.8, 4) is 11.4 Å². The number of amides is 1. The summed E-state index contributed by atoms with van der Waals surface area (Å²) in [4.78, 5) is 20.9. The number of nitrogens with one attached hydrogen (secondary N) is 1. The van der Waals surface area contributed by atoms with Gasteiger partial charge in [-0.3, -0.25) is 4.79 Å². The fraction of sp³-hybridized carbons (Fsp3) is 0.125. The Balaban J connectivity index is 0.00000208. The molecule has 0 aliphatic carbocycles. The summed E-state index contributed by atoms with van der Waals surface area (Å²) in [5.74, 6) is 0.144. The molecule has 0 saturated carbocycles. The van der Waals surface area contributed by atoms with Crippen molar-refractivity contribution >= 4 is 58.2 Å². The van der Waals surface area contributed by atoms with Crippen LogP contribution in [0.25, 0.3) is 22.4 Å². The number of hydrogen-bond acceptors (Lipinski definition) is 3. The van der Waals surface area contributed by atoms with Crippen LogP contribution in [-0.2, 0) is 4.79 Å². The largest absolute Gasteiger partial charge is 0.387 e. The molecule has 0 bridgehead atoms. The summed E-state index contributed by atoms with van der Waals surface area (Å²) < 4.78 is 0. The Hall–Kier alpha value is -1.79. The lowest BCUT2D eigenvalue weighted by Crippen LogP contribution is -2.29. The number of fused-ring (bicyclic) bond motifs is 1. The third-order valence-electron chi connectivity index (χ3n) is 3.53. The van der Waals surface area contributed by atoms with E-state index in [-0.39, 0.29) is 12.4 Å². The number of imidazole rings is 1. The van der Waals surface area contributed by atoms with Crippen molar-refractivity contribution < 1.29 is 9.90 Å². The zero-order valence-electron chi connectivity index (χ0n) is 12.6. The van der Waals surface area contributed by atoms with E-state index in [9.17, 15) is 4.79 Å². The first-order valence-corrected chi connectivity index (χ1v) is 7.58. The number of nitrogens with zero attached hydrogens (tertiary/aromatic N) is 2. The Morgan fingerprint density at radius 3 is 2.58 bits per heavy atom. The van der Waals surface area contributed by atoms with Gasteiger partial charge in [-0.1, -0.05) is 23.2 Å². The fourth-order valence-corrected chi connectivity index (χ4v) is 2.68. The molecule has 3 aromatic rings. The molecule has 1 aromatic heterocycles. The van der Waals surface area contributed by atoms with Crippen molar-refractivity contribution in [2.45, 2.75) is 0 Å². The topological polar surface area (TPSA) is 69.2 Å². The molecule has 0 aliphatic heterocycles. The van der Waals surface area contributed by atoms with Gasteiger partial charge in [0.15, 0.2) is 0 Å². The highest BCUT2D eigenvalue weighted by Gasteiger charge is 2.17. The van der Waals surface area contributed by atoms with Crippen LogP contribution in [-0.4, -0.2) is 34.6 Å². The maximum atomic E-state index is 11.8. The summed E-state index contributed by atoms with van der Waals surface area (Å²) in [7, 11) is 1.59. The van der Waals surface area contributed by atoms with E-state index >= 15 is 0 Å². The highest BCUT2D eigenvalue weighted by atomic mass is 35.5. The maximum Gasteiger partial charge on any atom is 0.252 e. The molecule has 126 valence electrons. The van der Waals surface area contributed by atoms with E-state index in [4.69, 9.17) is 28.3 Å². The molecule has 2 N–H and O–H groups in total. The lowest BCUT2D eigenvalue weighted by Gasteiger charge is -2.19. The van der Waals surface area contributed by atoms with Gasteiger partial charge in [0.2, 0.25) is 0 Å². The lowest BCUT2D eigenvalue weighted by atomic mass is 10.1. The first-order chi connectivity index (χ1) is 11.0. The number of benzene rings is 2. The zero-order chi connectivity index (χ0) is 16.6. The van der Waals surface area contributed by atoms with Gasteiger partial charge in [-0.05, 0) is 36.4 Å². The molecule has 0 radical (unpaired) electrons. The van der Waals surface area contributed by atoms with Gasteiger partial charge in [0.1, 0.15) is 12.4 Å². The Labute approximate surface area is 154 Å². The van der Waals surface area contributed by atoms with Gasteiger partial charge in [0.25, 0.3) is 5.91 Å².